The van der Waals surface area contributed by atoms with E-state index in [1.807, 2.05) is 0 Å². The van der Waals surface area contributed by atoms with E-state index in [1.165, 1.54) is 50.3 Å². The summed E-state index contributed by atoms with van der Waals surface area (Å²) in [7, 11) is -15.2. The summed E-state index contributed by atoms with van der Waals surface area (Å²) in [5.74, 6) is 2.92. The van der Waals surface area contributed by atoms with E-state index in [2.05, 4.69) is 38.5 Å². The maximum Gasteiger partial charge on any atom is 0.397 e. The molecule has 240 valence electrons. The lowest BCUT2D eigenvalue weighted by atomic mass is 10.2. The summed E-state index contributed by atoms with van der Waals surface area (Å²) in [5.41, 5.74) is -0.994. The number of aromatic amines is 1. The first-order chi connectivity index (χ1) is 20.3. The Morgan fingerprint density at radius 1 is 1.14 bits per heavy atom. The average Bonchev–Trinajstić information content (AvgIpc) is 3.16. The molecule has 1 aromatic carbocycles. The summed E-state index contributed by atoms with van der Waals surface area (Å²) in [6.45, 7) is 9.31. The SMILES string of the molecule is C=C/C=C(\C=C/Cn1[nH]c(C)c(N=Nc2ccc(=C(/C=C)S(=C)(=O)O)/c(=C\C)c2S(=O)(=O)O)c1=O)S(=O)CCOS(=O)(=O)O. The van der Waals surface area contributed by atoms with Gasteiger partial charge in [-0.2, -0.15) is 16.8 Å². The molecule has 0 aliphatic carbocycles. The number of hydrogen-bond donors (Lipinski definition) is 4. The Hall–Kier alpha value is -3.56. The van der Waals surface area contributed by atoms with Crippen molar-refractivity contribution in [1.82, 2.24) is 9.78 Å². The van der Waals surface area contributed by atoms with Crippen LogP contribution in [-0.4, -0.2) is 66.9 Å². The minimum absolute atomic E-state index is 0.0414. The number of allylic oxidation sites excluding steroid dienone is 4. The Labute approximate surface area is 256 Å². The maximum absolute atomic E-state index is 13.0. The van der Waals surface area contributed by atoms with Gasteiger partial charge >= 0.3 is 10.4 Å². The molecule has 0 aliphatic heterocycles. The first-order valence-electron chi connectivity index (χ1n) is 12.1. The van der Waals surface area contributed by atoms with Gasteiger partial charge in [-0.05, 0) is 37.9 Å². The van der Waals surface area contributed by atoms with Gasteiger partial charge in [0.05, 0.1) is 40.3 Å². The van der Waals surface area contributed by atoms with E-state index < -0.39 is 58.2 Å². The van der Waals surface area contributed by atoms with Crippen LogP contribution in [0.15, 0.2) is 80.5 Å². The van der Waals surface area contributed by atoms with Crippen LogP contribution >= 0.6 is 0 Å². The van der Waals surface area contributed by atoms with E-state index >= 15 is 0 Å². The molecule has 2 aromatic rings. The molecule has 44 heavy (non-hydrogen) atoms. The molecule has 0 saturated heterocycles. The van der Waals surface area contributed by atoms with Gasteiger partial charge in [-0.15, -0.1) is 10.2 Å². The zero-order valence-corrected chi connectivity index (χ0v) is 26.7. The number of nitrogens with zero attached hydrogens (tertiary/aromatic N) is 3. The van der Waals surface area contributed by atoms with E-state index in [0.29, 0.717) is 0 Å². The predicted octanol–water partition coefficient (Wildman–Crippen LogP) is 1.63. The first kappa shape index (κ1) is 36.6. The molecule has 0 spiro atoms. The minimum Gasteiger partial charge on any atom is -0.310 e. The molecule has 0 amide bonds. The van der Waals surface area contributed by atoms with Crippen molar-refractivity contribution in [3.05, 3.63) is 87.1 Å². The van der Waals surface area contributed by atoms with Gasteiger partial charge in [0.15, 0.2) is 5.69 Å². The highest BCUT2D eigenvalue weighted by molar-refractivity contribution is 8.03. The van der Waals surface area contributed by atoms with Crippen molar-refractivity contribution < 1.29 is 43.1 Å². The largest absolute Gasteiger partial charge is 0.397 e. The number of azo groups is 1. The Balaban J connectivity index is 2.49. The topological polar surface area (TPSA) is 235 Å². The normalized spacial score (nSPS) is 16.3. The second kappa shape index (κ2) is 14.9. The molecular weight excluding hydrogens is 661 g/mol. The van der Waals surface area contributed by atoms with Crippen molar-refractivity contribution in [2.75, 3.05) is 12.4 Å². The van der Waals surface area contributed by atoms with Crippen molar-refractivity contribution in [3.63, 3.8) is 0 Å². The third-order valence-corrected chi connectivity index (χ3v) is 9.31. The molecule has 15 nitrogen and oxygen atoms in total. The van der Waals surface area contributed by atoms with Crippen LogP contribution < -0.4 is 16.0 Å². The van der Waals surface area contributed by atoms with E-state index in [9.17, 15) is 39.2 Å². The molecule has 19 heteroatoms. The lowest BCUT2D eigenvalue weighted by Gasteiger charge is -2.08. The summed E-state index contributed by atoms with van der Waals surface area (Å²) in [6.07, 6.45) is 7.92. The summed E-state index contributed by atoms with van der Waals surface area (Å²) in [4.78, 5) is 12.2. The zero-order chi connectivity index (χ0) is 33.5. The number of benzene rings is 1. The van der Waals surface area contributed by atoms with Gasteiger partial charge in [0.1, 0.15) is 20.4 Å². The monoisotopic (exact) mass is 690 g/mol. The molecule has 2 atom stereocenters. The van der Waals surface area contributed by atoms with Crippen LogP contribution in [0.2, 0.25) is 0 Å². The molecule has 1 heterocycles. The Bertz CT molecular complexity index is 2090. The quantitative estimate of drug-likeness (QED) is 0.0962. The van der Waals surface area contributed by atoms with Crippen molar-refractivity contribution in [2.24, 2.45) is 10.2 Å². The van der Waals surface area contributed by atoms with Crippen LogP contribution in [0.5, 0.6) is 0 Å². The smallest absolute Gasteiger partial charge is 0.310 e. The number of aromatic nitrogens is 2. The zero-order valence-electron chi connectivity index (χ0n) is 23.4. The number of hydrogen-bond acceptors (Lipinski definition) is 10. The van der Waals surface area contributed by atoms with Crippen LogP contribution in [0.1, 0.15) is 12.6 Å². The summed E-state index contributed by atoms with van der Waals surface area (Å²) in [6, 6.07) is 2.40. The lowest BCUT2D eigenvalue weighted by molar-refractivity contribution is 0.284. The number of nitrogens with one attached hydrogen (secondary N) is 1. The van der Waals surface area contributed by atoms with Crippen LogP contribution in [0.4, 0.5) is 11.4 Å². The van der Waals surface area contributed by atoms with E-state index in [-0.39, 0.29) is 49.6 Å². The molecule has 0 bridgehead atoms. The summed E-state index contributed by atoms with van der Waals surface area (Å²) in [5, 5.41) is 10.3. The van der Waals surface area contributed by atoms with Gasteiger partial charge in [0.2, 0.25) is 0 Å². The van der Waals surface area contributed by atoms with Gasteiger partial charge in [-0.3, -0.25) is 23.2 Å². The molecule has 1 aromatic heterocycles. The fourth-order valence-corrected chi connectivity index (χ4v) is 6.75. The first-order valence-corrected chi connectivity index (χ1v) is 17.9. The molecule has 2 rings (SSSR count). The Kier molecular flexibility index (Phi) is 12.4. The van der Waals surface area contributed by atoms with E-state index in [1.54, 1.807) is 0 Å². The maximum atomic E-state index is 13.0. The highest BCUT2D eigenvalue weighted by Crippen LogP contribution is 2.23. The van der Waals surface area contributed by atoms with Gasteiger partial charge in [-0.1, -0.05) is 43.5 Å². The van der Waals surface area contributed by atoms with Gasteiger partial charge < -0.3 is 4.55 Å². The lowest BCUT2D eigenvalue weighted by Crippen LogP contribution is -2.33. The van der Waals surface area contributed by atoms with Gasteiger partial charge in [0, 0.05) is 15.3 Å². The van der Waals surface area contributed by atoms with Crippen LogP contribution in [0, 0.1) is 6.92 Å². The fraction of sp³-hybridized carbons (Fsp3) is 0.200. The third-order valence-electron chi connectivity index (χ3n) is 5.50. The van der Waals surface area contributed by atoms with E-state index in [0.717, 1.165) is 16.8 Å². The highest BCUT2D eigenvalue weighted by atomic mass is 32.3. The van der Waals surface area contributed by atoms with Crippen LogP contribution in [0.25, 0.3) is 11.0 Å². The number of aryl methyl sites for hydroxylation is 1. The van der Waals surface area contributed by atoms with Crippen LogP contribution in [0.3, 0.4) is 0 Å². The van der Waals surface area contributed by atoms with Crippen molar-refractivity contribution in [2.45, 2.75) is 25.3 Å². The minimum atomic E-state index is -4.97. The highest BCUT2D eigenvalue weighted by Gasteiger charge is 2.20. The van der Waals surface area contributed by atoms with Crippen molar-refractivity contribution in [1.29, 1.82) is 0 Å². The molecule has 0 saturated carbocycles. The van der Waals surface area contributed by atoms with Gasteiger partial charge in [-0.25, -0.2) is 13.1 Å². The second-order valence-electron chi connectivity index (χ2n) is 8.56. The molecule has 2 unspecified atom stereocenters. The van der Waals surface area contributed by atoms with Gasteiger partial charge in [0.25, 0.3) is 15.7 Å². The van der Waals surface area contributed by atoms with Crippen LogP contribution in [-0.2, 0) is 51.8 Å². The summed E-state index contributed by atoms with van der Waals surface area (Å²) < 4.78 is 105. The second-order valence-corrected chi connectivity index (χ2v) is 14.3. The molecular formula is C25H30N4O11S4. The molecule has 0 aliphatic rings. The third kappa shape index (κ3) is 9.72. The molecule has 4 N–H and O–H groups in total. The molecule has 0 fully saturated rings. The predicted molar refractivity (Wildman–Crippen MR) is 169 cm³/mol. The average molecular weight is 691 g/mol. The van der Waals surface area contributed by atoms with E-state index in [4.69, 9.17) is 4.55 Å². The Morgan fingerprint density at radius 3 is 2.32 bits per heavy atom. The molecule has 0 radical (unpaired) electrons. The van der Waals surface area contributed by atoms with Crippen molar-refractivity contribution >= 4 is 69.3 Å². The summed E-state index contributed by atoms with van der Waals surface area (Å²) >= 11 is 0. The number of rotatable bonds is 14. The Morgan fingerprint density at radius 2 is 1.80 bits per heavy atom. The van der Waals surface area contributed by atoms with Crippen molar-refractivity contribution in [3.8, 4) is 0 Å². The standard InChI is InChI=1S/C25H30N4O11S4/c1-6-10-18(41(31)16-15-40-44(37,38)39)11-9-14-29-25(30)23(17(4)28-29)27-26-21-13-12-20(22(8-3)42(5,32)33)19(7-2)24(21)43(34,35)36/h6-13,28H,1,3,5,14-16H2,2,4H3,(H,32,33)(H,34,35,36)(H,37,38,39)/b11-9-,18-10+,19-7+,22-20+,27-26?. The fourth-order valence-electron chi connectivity index (χ4n) is 3.73. The number of H-pyrrole nitrogens is 1.